The minimum absolute atomic E-state index is 0.0241. The third-order valence-electron chi connectivity index (χ3n) is 10.9. The molecule has 1 aromatic heterocycles. The Hall–Kier alpha value is -5.48. The first-order chi connectivity index (χ1) is 24.3. The van der Waals surface area contributed by atoms with Gasteiger partial charge in [0.1, 0.15) is 0 Å². The van der Waals surface area contributed by atoms with Gasteiger partial charge in [-0.3, -0.25) is 0 Å². The van der Waals surface area contributed by atoms with Crippen LogP contribution in [0.15, 0.2) is 133 Å². The van der Waals surface area contributed by atoms with Crippen molar-refractivity contribution in [3.8, 4) is 45.3 Å². The number of hydrogen-bond donors (Lipinski definition) is 0. The van der Waals surface area contributed by atoms with Gasteiger partial charge >= 0.3 is 294 Å². The Kier molecular flexibility index (Phi) is 4.56. The van der Waals surface area contributed by atoms with E-state index in [1.807, 2.05) is 0 Å². The van der Waals surface area contributed by atoms with E-state index in [2.05, 4.69) is 153 Å². The molecule has 0 fully saturated rings. The molecule has 0 radical (unpaired) electrons. The van der Waals surface area contributed by atoms with Crippen LogP contribution in [0.1, 0.15) is 0 Å². The Labute approximate surface area is 292 Å². The monoisotopic (exact) mass is 742 g/mol. The van der Waals surface area contributed by atoms with Crippen molar-refractivity contribution in [2.45, 2.75) is 0 Å². The summed E-state index contributed by atoms with van der Waals surface area (Å²) >= 11 is -0.882. The number of fused-ring (bicyclic) bond motifs is 21. The normalized spacial score (nSPS) is 15.4. The number of benzene rings is 6. The van der Waals surface area contributed by atoms with Crippen molar-refractivity contribution in [2.75, 3.05) is 19.2 Å². The number of anilines is 8. The molecule has 6 aliphatic rings. The summed E-state index contributed by atoms with van der Waals surface area (Å²) in [5.41, 5.74) is 15.0. The van der Waals surface area contributed by atoms with Gasteiger partial charge in [-0.15, -0.1) is 0 Å². The molecule has 0 bridgehead atoms. The first-order valence-corrected chi connectivity index (χ1v) is 19.0. The van der Waals surface area contributed by atoms with Crippen LogP contribution < -0.4 is 35.7 Å². The Morgan fingerprint density at radius 2 is 0.755 bits per heavy atom. The van der Waals surface area contributed by atoms with Gasteiger partial charge in [-0.2, -0.15) is 0 Å². The van der Waals surface area contributed by atoms with Crippen LogP contribution >= 0.6 is 0 Å². The van der Waals surface area contributed by atoms with Crippen molar-refractivity contribution in [3.05, 3.63) is 133 Å². The topological polar surface area (TPSA) is 31.4 Å². The molecule has 6 aromatic carbocycles. The van der Waals surface area contributed by atoms with Gasteiger partial charge in [0.25, 0.3) is 0 Å². The number of nitrogens with zero attached hydrogens (tertiary/aromatic N) is 4. The third kappa shape index (κ3) is 2.92. The molecule has 0 N–H and O–H groups in total. The Morgan fingerprint density at radius 1 is 0.367 bits per heavy atom. The van der Waals surface area contributed by atoms with Crippen molar-refractivity contribution < 1.29 is 9.47 Å². The Bertz CT molecular complexity index is 2480. The molecule has 7 heterocycles. The van der Waals surface area contributed by atoms with E-state index in [1.165, 1.54) is 45.0 Å². The van der Waals surface area contributed by atoms with Gasteiger partial charge in [-0.05, 0) is 0 Å². The van der Waals surface area contributed by atoms with Gasteiger partial charge in [0.05, 0.1) is 0 Å². The minimum atomic E-state index is -0.882. The molecule has 0 aliphatic carbocycles. The molecular weight excluding hydrogens is 718 g/mol. The van der Waals surface area contributed by atoms with Gasteiger partial charge < -0.3 is 0 Å². The van der Waals surface area contributed by atoms with Crippen molar-refractivity contribution >= 4 is 86.9 Å². The fourth-order valence-corrected chi connectivity index (χ4v) is 13.4. The van der Waals surface area contributed by atoms with E-state index in [-0.39, 0.29) is 14.0 Å². The van der Waals surface area contributed by atoms with Gasteiger partial charge in [-0.1, -0.05) is 0 Å². The molecule has 49 heavy (non-hydrogen) atoms. The SMILES string of the molecule is c1ccc2c(c1)Oc1cccc3c1N2B1c2[te]c4c(c2-c2ccccc2N13)-c1ccccc1N1B4N2c3ccccc3Oc3cccc1c32. The fraction of sp³-hybridized carbons (Fsp3) is 0. The Morgan fingerprint density at radius 3 is 1.24 bits per heavy atom. The van der Waals surface area contributed by atoms with Crippen LogP contribution in [-0.2, 0) is 0 Å². The summed E-state index contributed by atoms with van der Waals surface area (Å²) in [6.07, 6.45) is 0. The number of hydrogen-bond acceptors (Lipinski definition) is 6. The van der Waals surface area contributed by atoms with E-state index in [1.54, 1.807) is 6.96 Å². The van der Waals surface area contributed by atoms with Crippen LogP contribution in [0.5, 0.6) is 23.0 Å². The second-order valence-corrected chi connectivity index (χ2v) is 16.3. The summed E-state index contributed by atoms with van der Waals surface area (Å²) in [5.74, 6) is 3.65. The summed E-state index contributed by atoms with van der Waals surface area (Å²) < 4.78 is 16.3. The standard InChI is InChI=1S/C40H22B2N4O2Te/c1-3-13-25-23(11-1)35-36-24-12-2-4-14-26(24)44-30-18-10-22-34-38(30)46(28-16-6-8-20-32(28)48-34)42(44)40(36)49-39(35)41-43(25)29-17-9-21-33-37(29)45(41)27-15-5-7-19-31(27)47-33/h1-22H. The predicted octanol–water partition coefficient (Wildman–Crippen LogP) is 8.29. The van der Waals surface area contributed by atoms with E-state index in [0.717, 1.165) is 45.7 Å². The zero-order chi connectivity index (χ0) is 31.5. The zero-order valence-electron chi connectivity index (χ0n) is 25.9. The average molecular weight is 740 g/mol. The molecule has 0 amide bonds. The maximum absolute atomic E-state index is 6.58. The summed E-state index contributed by atoms with van der Waals surface area (Å²) in [7, 11) is 0. The third-order valence-corrected chi connectivity index (χ3v) is 14.5. The van der Waals surface area contributed by atoms with Crippen molar-refractivity contribution in [1.82, 2.24) is 0 Å². The van der Waals surface area contributed by atoms with Gasteiger partial charge in [0.2, 0.25) is 0 Å². The zero-order valence-corrected chi connectivity index (χ0v) is 28.2. The van der Waals surface area contributed by atoms with Crippen LogP contribution in [0.2, 0.25) is 0 Å². The van der Waals surface area contributed by atoms with Crippen LogP contribution in [0.3, 0.4) is 0 Å². The molecule has 9 heteroatoms. The van der Waals surface area contributed by atoms with Crippen molar-refractivity contribution in [1.29, 1.82) is 0 Å². The van der Waals surface area contributed by atoms with Gasteiger partial charge in [-0.25, -0.2) is 0 Å². The molecule has 13 rings (SSSR count). The molecule has 6 aliphatic heterocycles. The predicted molar refractivity (Wildman–Crippen MR) is 200 cm³/mol. The summed E-state index contributed by atoms with van der Waals surface area (Å²) in [5, 5.41) is 0. The quantitative estimate of drug-likeness (QED) is 0.146. The fourth-order valence-electron chi connectivity index (χ4n) is 9.17. The number of ether oxygens (including phenoxy) is 2. The number of para-hydroxylation sites is 8. The van der Waals surface area contributed by atoms with E-state index >= 15 is 0 Å². The van der Waals surface area contributed by atoms with Crippen LogP contribution in [0, 0.1) is 0 Å². The average Bonchev–Trinajstić information content (AvgIpc) is 3.83. The van der Waals surface area contributed by atoms with E-state index in [4.69, 9.17) is 9.47 Å². The maximum atomic E-state index is 6.58. The van der Waals surface area contributed by atoms with Crippen molar-refractivity contribution in [3.63, 3.8) is 0 Å². The Balaban J connectivity index is 1.15. The van der Waals surface area contributed by atoms with Gasteiger partial charge in [0, 0.05) is 0 Å². The number of rotatable bonds is 0. The van der Waals surface area contributed by atoms with Crippen molar-refractivity contribution in [2.24, 2.45) is 0 Å². The van der Waals surface area contributed by atoms with Crippen LogP contribution in [-0.4, -0.2) is 34.4 Å². The molecular formula is C40H22B2N4O2Te. The first-order valence-electron chi connectivity index (χ1n) is 16.7. The van der Waals surface area contributed by atoms with E-state index in [9.17, 15) is 0 Å². The molecule has 0 atom stereocenters. The molecule has 7 aromatic rings. The summed E-state index contributed by atoms with van der Waals surface area (Å²) in [6.45, 7) is 0.0482. The summed E-state index contributed by atoms with van der Waals surface area (Å²) in [6, 6.07) is 48.2. The molecule has 226 valence electrons. The van der Waals surface area contributed by atoms with E-state index in [0.29, 0.717) is 0 Å². The van der Waals surface area contributed by atoms with E-state index < -0.39 is 20.4 Å². The molecule has 0 saturated heterocycles. The summed E-state index contributed by atoms with van der Waals surface area (Å²) in [4.78, 5) is 10.3. The molecule has 0 saturated carbocycles. The van der Waals surface area contributed by atoms with Crippen LogP contribution in [0.4, 0.5) is 45.5 Å². The second kappa shape index (κ2) is 8.75. The van der Waals surface area contributed by atoms with Gasteiger partial charge in [0.15, 0.2) is 0 Å². The molecule has 0 spiro atoms. The molecule has 6 nitrogen and oxygen atoms in total. The first kappa shape index (κ1) is 25.5. The molecule has 0 unspecified atom stereocenters. The van der Waals surface area contributed by atoms with Crippen LogP contribution in [0.25, 0.3) is 22.3 Å². The second-order valence-electron chi connectivity index (χ2n) is 13.2.